The maximum absolute atomic E-state index is 10.6. The second-order valence-electron chi connectivity index (χ2n) is 3.18. The minimum Gasteiger partial charge on any atom is -0.480 e. The van der Waals surface area contributed by atoms with E-state index in [1.54, 1.807) is 0 Å². The van der Waals surface area contributed by atoms with Gasteiger partial charge < -0.3 is 5.11 Å². The van der Waals surface area contributed by atoms with Crippen molar-refractivity contribution in [2.45, 2.75) is 19.5 Å². The monoisotopic (exact) mass is 208 g/mol. The smallest absolute Gasteiger partial charge is 0.327 e. The molecule has 0 aliphatic carbocycles. The highest BCUT2D eigenvalue weighted by Gasteiger charge is 2.20. The van der Waals surface area contributed by atoms with E-state index in [0.29, 0.717) is 0 Å². The molecule has 5 heteroatoms. The van der Waals surface area contributed by atoms with Gasteiger partial charge in [0.1, 0.15) is 6.04 Å². The summed E-state index contributed by atoms with van der Waals surface area (Å²) in [7, 11) is 0. The second kappa shape index (κ2) is 5.09. The van der Waals surface area contributed by atoms with Crippen LogP contribution in [0.25, 0.3) is 0 Å². The molecule has 80 valence electrons. The third-order valence-electron chi connectivity index (χ3n) is 2.10. The maximum atomic E-state index is 10.6. The van der Waals surface area contributed by atoms with Crippen LogP contribution in [0.3, 0.4) is 0 Å². The van der Waals surface area contributed by atoms with Crippen molar-refractivity contribution in [3.8, 4) is 0 Å². The van der Waals surface area contributed by atoms with Crippen LogP contribution in [0.5, 0.6) is 0 Å². The van der Waals surface area contributed by atoms with Crippen LogP contribution < -0.4 is 0 Å². The topological polar surface area (TPSA) is 70.0 Å². The van der Waals surface area contributed by atoms with Gasteiger partial charge in [0.25, 0.3) is 0 Å². The summed E-state index contributed by atoms with van der Waals surface area (Å²) in [6, 6.07) is 8.21. The van der Waals surface area contributed by atoms with Crippen LogP contribution in [0, 0.1) is 4.91 Å². The van der Waals surface area contributed by atoms with Crippen LogP contribution in [0.4, 0.5) is 0 Å². The fourth-order valence-electron chi connectivity index (χ4n) is 1.13. The Bertz CT molecular complexity index is 340. The molecule has 1 N–H and O–H groups in total. The summed E-state index contributed by atoms with van der Waals surface area (Å²) in [5.74, 6) is -1.06. The van der Waals surface area contributed by atoms with Crippen LogP contribution in [0.15, 0.2) is 35.6 Å². The molecule has 0 bridgehead atoms. The van der Waals surface area contributed by atoms with E-state index < -0.39 is 12.0 Å². The fourth-order valence-corrected chi connectivity index (χ4v) is 1.13. The number of carbonyl (C=O) groups is 1. The Kier molecular flexibility index (Phi) is 3.79. The van der Waals surface area contributed by atoms with Crippen LogP contribution >= 0.6 is 0 Å². The van der Waals surface area contributed by atoms with Crippen molar-refractivity contribution >= 4 is 5.97 Å². The summed E-state index contributed by atoms with van der Waals surface area (Å²) in [6.45, 7) is 1.63. The van der Waals surface area contributed by atoms with Gasteiger partial charge in [-0.05, 0) is 12.5 Å². The largest absolute Gasteiger partial charge is 0.480 e. The molecule has 1 rings (SSSR count). The van der Waals surface area contributed by atoms with Crippen molar-refractivity contribution in [3.63, 3.8) is 0 Å². The van der Waals surface area contributed by atoms with Crippen LogP contribution in [-0.4, -0.2) is 22.1 Å². The van der Waals surface area contributed by atoms with E-state index in [1.165, 1.54) is 6.92 Å². The Balaban J connectivity index is 2.70. The number of nitroso groups, excluding NO2 is 1. The van der Waals surface area contributed by atoms with E-state index in [2.05, 4.69) is 5.29 Å². The van der Waals surface area contributed by atoms with Crippen molar-refractivity contribution in [1.82, 2.24) is 5.01 Å². The molecule has 0 aliphatic rings. The molecule has 1 aromatic rings. The Morgan fingerprint density at radius 2 is 2.07 bits per heavy atom. The molecule has 0 aliphatic heterocycles. The Morgan fingerprint density at radius 1 is 1.47 bits per heavy atom. The molecular weight excluding hydrogens is 196 g/mol. The molecule has 0 spiro atoms. The maximum Gasteiger partial charge on any atom is 0.327 e. The van der Waals surface area contributed by atoms with Crippen LogP contribution in [0.1, 0.15) is 12.5 Å². The van der Waals surface area contributed by atoms with Gasteiger partial charge in [0.2, 0.25) is 0 Å². The third kappa shape index (κ3) is 3.05. The lowest BCUT2D eigenvalue weighted by molar-refractivity contribution is -0.142. The van der Waals surface area contributed by atoms with Gasteiger partial charge in [-0.1, -0.05) is 30.3 Å². The summed E-state index contributed by atoms with van der Waals surface area (Å²) in [5, 5.41) is 12.4. The zero-order valence-corrected chi connectivity index (χ0v) is 8.33. The number of hydrogen-bond acceptors (Lipinski definition) is 3. The molecule has 0 fully saturated rings. The number of benzene rings is 1. The van der Waals surface area contributed by atoms with Crippen molar-refractivity contribution in [2.24, 2.45) is 5.29 Å². The highest BCUT2D eigenvalue weighted by Crippen LogP contribution is 2.08. The van der Waals surface area contributed by atoms with Crippen molar-refractivity contribution in [3.05, 3.63) is 40.8 Å². The summed E-state index contributed by atoms with van der Waals surface area (Å²) >= 11 is 0. The Hall–Kier alpha value is -1.91. The van der Waals surface area contributed by atoms with E-state index in [0.717, 1.165) is 10.6 Å². The standard InChI is InChI=1S/C10H12N2O3/c1-8(10(13)14)12(11-15)7-9-5-3-2-4-6-9/h2-6,8H,7H2,1H3,(H,13,14). The zero-order chi connectivity index (χ0) is 11.3. The molecule has 1 aromatic carbocycles. The quantitative estimate of drug-likeness (QED) is 0.590. The van der Waals surface area contributed by atoms with Gasteiger partial charge in [0.15, 0.2) is 0 Å². The number of carboxylic acids is 1. The van der Waals surface area contributed by atoms with E-state index in [-0.39, 0.29) is 6.54 Å². The van der Waals surface area contributed by atoms with Gasteiger partial charge in [-0.3, -0.25) is 0 Å². The predicted octanol–water partition coefficient (Wildman–Crippen LogP) is 1.64. The molecule has 1 atom stereocenters. The van der Waals surface area contributed by atoms with Gasteiger partial charge in [0.05, 0.1) is 11.8 Å². The first kappa shape index (κ1) is 11.2. The number of rotatable bonds is 5. The molecule has 0 radical (unpaired) electrons. The van der Waals surface area contributed by atoms with Gasteiger partial charge in [0, 0.05) is 0 Å². The molecule has 0 saturated heterocycles. The highest BCUT2D eigenvalue weighted by atomic mass is 16.4. The Labute approximate surface area is 87.3 Å². The number of carboxylic acid groups (broad SMARTS) is 1. The third-order valence-corrected chi connectivity index (χ3v) is 2.10. The summed E-state index contributed by atoms with van der Waals surface area (Å²) in [4.78, 5) is 21.1. The lowest BCUT2D eigenvalue weighted by Crippen LogP contribution is -2.34. The highest BCUT2D eigenvalue weighted by molar-refractivity contribution is 5.72. The lowest BCUT2D eigenvalue weighted by Gasteiger charge is -2.19. The number of nitrogens with zero attached hydrogens (tertiary/aromatic N) is 2. The minimum absolute atomic E-state index is 0.206. The summed E-state index contributed by atoms with van der Waals surface area (Å²) < 4.78 is 0. The van der Waals surface area contributed by atoms with Crippen molar-refractivity contribution in [1.29, 1.82) is 0 Å². The van der Waals surface area contributed by atoms with Crippen molar-refractivity contribution < 1.29 is 9.90 Å². The molecule has 15 heavy (non-hydrogen) atoms. The van der Waals surface area contributed by atoms with Crippen LogP contribution in [0.2, 0.25) is 0 Å². The fraction of sp³-hybridized carbons (Fsp3) is 0.300. The van der Waals surface area contributed by atoms with Gasteiger partial charge in [-0.15, -0.1) is 4.91 Å². The first-order valence-electron chi connectivity index (χ1n) is 4.51. The normalized spacial score (nSPS) is 11.8. The Morgan fingerprint density at radius 3 is 2.53 bits per heavy atom. The molecule has 0 heterocycles. The van der Waals surface area contributed by atoms with Crippen molar-refractivity contribution in [2.75, 3.05) is 0 Å². The zero-order valence-electron chi connectivity index (χ0n) is 8.33. The molecule has 5 nitrogen and oxygen atoms in total. The molecule has 1 unspecified atom stereocenters. The number of hydrogen-bond donors (Lipinski definition) is 1. The lowest BCUT2D eigenvalue weighted by atomic mass is 10.2. The van der Waals surface area contributed by atoms with E-state index >= 15 is 0 Å². The molecule has 0 saturated carbocycles. The van der Waals surface area contributed by atoms with Gasteiger partial charge in [-0.2, -0.15) is 0 Å². The first-order valence-corrected chi connectivity index (χ1v) is 4.51. The van der Waals surface area contributed by atoms with Gasteiger partial charge in [-0.25, -0.2) is 9.80 Å². The second-order valence-corrected chi connectivity index (χ2v) is 3.18. The average molecular weight is 208 g/mol. The predicted molar refractivity (Wildman–Crippen MR) is 54.9 cm³/mol. The SMILES string of the molecule is CC(C(=O)O)N(Cc1ccccc1)N=O. The summed E-state index contributed by atoms with van der Waals surface area (Å²) in [6.07, 6.45) is 0. The molecular formula is C10H12N2O3. The average Bonchev–Trinajstić information content (AvgIpc) is 2.26. The van der Waals surface area contributed by atoms with E-state index in [4.69, 9.17) is 5.11 Å². The minimum atomic E-state index is -1.06. The van der Waals surface area contributed by atoms with Crippen LogP contribution in [-0.2, 0) is 11.3 Å². The van der Waals surface area contributed by atoms with E-state index in [9.17, 15) is 9.70 Å². The van der Waals surface area contributed by atoms with E-state index in [1.807, 2.05) is 30.3 Å². The van der Waals surface area contributed by atoms with Gasteiger partial charge >= 0.3 is 5.97 Å². The molecule has 0 amide bonds. The molecule has 0 aromatic heterocycles. The first-order chi connectivity index (χ1) is 7.15. The summed E-state index contributed by atoms with van der Waals surface area (Å²) in [5.41, 5.74) is 0.852. The number of aliphatic carboxylic acids is 1.